The summed E-state index contributed by atoms with van der Waals surface area (Å²) < 4.78 is 0. The Morgan fingerprint density at radius 3 is 2.25 bits per heavy atom. The Labute approximate surface area is 94.2 Å². The van der Waals surface area contributed by atoms with Crippen LogP contribution in [0.3, 0.4) is 0 Å². The van der Waals surface area contributed by atoms with Gasteiger partial charge in [0.1, 0.15) is 0 Å². The minimum Gasteiger partial charge on any atom is -0.481 e. The van der Waals surface area contributed by atoms with Gasteiger partial charge in [0.2, 0.25) is 0 Å². The number of aliphatic carboxylic acids is 1. The highest BCUT2D eigenvalue weighted by Gasteiger charge is 2.07. The molecule has 0 saturated heterocycles. The van der Waals surface area contributed by atoms with E-state index in [0.29, 0.717) is 0 Å². The third-order valence-electron chi connectivity index (χ3n) is 2.44. The standard InChI is InChI=1S/C14H12O2/c15-14(16)10-12-8-4-5-9-13(12)11-6-2-1-3-7-11/h1-9H,10H2,(H,15,16). The maximum atomic E-state index is 10.8. The van der Waals surface area contributed by atoms with Gasteiger partial charge in [-0.2, -0.15) is 0 Å². The lowest BCUT2D eigenvalue weighted by molar-refractivity contribution is -0.136. The summed E-state index contributed by atoms with van der Waals surface area (Å²) in [5.74, 6) is -0.802. The third-order valence-corrected chi connectivity index (χ3v) is 2.44. The van der Waals surface area contributed by atoms with E-state index in [1.807, 2.05) is 54.6 Å². The van der Waals surface area contributed by atoms with Gasteiger partial charge in [-0.25, -0.2) is 0 Å². The summed E-state index contributed by atoms with van der Waals surface area (Å²) in [4.78, 5) is 10.8. The maximum Gasteiger partial charge on any atom is 0.307 e. The Bertz CT molecular complexity index is 489. The molecule has 2 rings (SSSR count). The summed E-state index contributed by atoms with van der Waals surface area (Å²) in [6, 6.07) is 17.4. The maximum absolute atomic E-state index is 10.8. The Morgan fingerprint density at radius 2 is 1.56 bits per heavy atom. The first kappa shape index (κ1) is 10.4. The normalized spacial score (nSPS) is 10.0. The average molecular weight is 212 g/mol. The van der Waals surface area contributed by atoms with Gasteiger partial charge in [0.05, 0.1) is 6.42 Å². The van der Waals surface area contributed by atoms with Crippen molar-refractivity contribution in [1.82, 2.24) is 0 Å². The van der Waals surface area contributed by atoms with Crippen LogP contribution < -0.4 is 0 Å². The van der Waals surface area contributed by atoms with Gasteiger partial charge in [-0.05, 0) is 16.7 Å². The average Bonchev–Trinajstić information content (AvgIpc) is 2.30. The molecule has 0 aliphatic rings. The van der Waals surface area contributed by atoms with Crippen molar-refractivity contribution >= 4 is 5.97 Å². The van der Waals surface area contributed by atoms with E-state index in [4.69, 9.17) is 5.11 Å². The molecule has 0 fully saturated rings. The van der Waals surface area contributed by atoms with E-state index < -0.39 is 5.97 Å². The first-order chi connectivity index (χ1) is 7.77. The van der Waals surface area contributed by atoms with Crippen molar-refractivity contribution in [3.05, 3.63) is 60.2 Å². The molecule has 0 amide bonds. The molecule has 0 atom stereocenters. The number of hydrogen-bond donors (Lipinski definition) is 1. The van der Waals surface area contributed by atoms with E-state index in [2.05, 4.69) is 0 Å². The number of benzene rings is 2. The van der Waals surface area contributed by atoms with Crippen LogP contribution in [0.2, 0.25) is 0 Å². The van der Waals surface area contributed by atoms with Gasteiger partial charge >= 0.3 is 5.97 Å². The zero-order valence-corrected chi connectivity index (χ0v) is 8.76. The summed E-state index contributed by atoms with van der Waals surface area (Å²) in [6.45, 7) is 0. The molecular weight excluding hydrogens is 200 g/mol. The minimum atomic E-state index is -0.802. The smallest absolute Gasteiger partial charge is 0.307 e. The van der Waals surface area contributed by atoms with Crippen molar-refractivity contribution in [2.24, 2.45) is 0 Å². The number of carboxylic acid groups (broad SMARTS) is 1. The second-order valence-electron chi connectivity index (χ2n) is 3.59. The Kier molecular flexibility index (Phi) is 3.01. The van der Waals surface area contributed by atoms with E-state index >= 15 is 0 Å². The second-order valence-corrected chi connectivity index (χ2v) is 3.59. The van der Waals surface area contributed by atoms with Gasteiger partial charge in [-0.1, -0.05) is 54.6 Å². The van der Waals surface area contributed by atoms with Crippen LogP contribution in [0.4, 0.5) is 0 Å². The van der Waals surface area contributed by atoms with Crippen LogP contribution >= 0.6 is 0 Å². The lowest BCUT2D eigenvalue weighted by atomic mass is 9.98. The summed E-state index contributed by atoms with van der Waals surface area (Å²) >= 11 is 0. The fraction of sp³-hybridized carbons (Fsp3) is 0.0714. The predicted molar refractivity (Wildman–Crippen MR) is 63.2 cm³/mol. The molecule has 0 aromatic heterocycles. The van der Waals surface area contributed by atoms with Crippen LogP contribution in [0.1, 0.15) is 5.56 Å². The van der Waals surface area contributed by atoms with Crippen molar-refractivity contribution < 1.29 is 9.90 Å². The van der Waals surface area contributed by atoms with Crippen molar-refractivity contribution in [1.29, 1.82) is 0 Å². The second kappa shape index (κ2) is 4.62. The molecule has 1 N–H and O–H groups in total. The Hall–Kier alpha value is -2.09. The molecular formula is C14H12O2. The fourth-order valence-corrected chi connectivity index (χ4v) is 1.74. The summed E-state index contributed by atoms with van der Waals surface area (Å²) in [6.07, 6.45) is 0.0606. The SMILES string of the molecule is O=C(O)Cc1ccccc1-c1ccccc1. The summed E-state index contributed by atoms with van der Waals surface area (Å²) in [5, 5.41) is 8.84. The Balaban J connectivity index is 2.44. The van der Waals surface area contributed by atoms with Crippen molar-refractivity contribution in [2.75, 3.05) is 0 Å². The van der Waals surface area contributed by atoms with Gasteiger partial charge in [0, 0.05) is 0 Å². The third kappa shape index (κ3) is 2.28. The molecule has 0 aliphatic carbocycles. The van der Waals surface area contributed by atoms with Gasteiger partial charge in [-0.15, -0.1) is 0 Å². The van der Waals surface area contributed by atoms with Crippen LogP contribution in [0, 0.1) is 0 Å². The highest BCUT2D eigenvalue weighted by Crippen LogP contribution is 2.23. The zero-order valence-electron chi connectivity index (χ0n) is 8.76. The molecule has 0 radical (unpaired) electrons. The molecule has 2 aromatic rings. The van der Waals surface area contributed by atoms with Gasteiger partial charge < -0.3 is 5.11 Å². The molecule has 0 bridgehead atoms. The van der Waals surface area contributed by atoms with Gasteiger partial charge in [0.25, 0.3) is 0 Å². The molecule has 0 heterocycles. The lowest BCUT2D eigenvalue weighted by Gasteiger charge is -2.07. The molecule has 0 spiro atoms. The van der Waals surface area contributed by atoms with Crippen molar-refractivity contribution in [2.45, 2.75) is 6.42 Å². The molecule has 0 saturated carbocycles. The highest BCUT2D eigenvalue weighted by molar-refractivity contribution is 5.76. The molecule has 0 aliphatic heterocycles. The molecule has 16 heavy (non-hydrogen) atoms. The van der Waals surface area contributed by atoms with E-state index in [9.17, 15) is 4.79 Å². The number of carboxylic acids is 1. The van der Waals surface area contributed by atoms with Gasteiger partial charge in [0.15, 0.2) is 0 Å². The van der Waals surface area contributed by atoms with Crippen LogP contribution in [-0.2, 0) is 11.2 Å². The molecule has 2 heteroatoms. The number of rotatable bonds is 3. The van der Waals surface area contributed by atoms with Crippen LogP contribution in [-0.4, -0.2) is 11.1 Å². The van der Waals surface area contributed by atoms with Crippen molar-refractivity contribution in [3.63, 3.8) is 0 Å². The predicted octanol–water partition coefficient (Wildman–Crippen LogP) is 2.98. The molecule has 2 aromatic carbocycles. The Morgan fingerprint density at radius 1 is 0.938 bits per heavy atom. The van der Waals surface area contributed by atoms with E-state index in [1.165, 1.54) is 0 Å². The molecule has 0 unspecified atom stereocenters. The zero-order chi connectivity index (χ0) is 11.4. The first-order valence-electron chi connectivity index (χ1n) is 5.12. The number of carbonyl (C=O) groups is 1. The minimum absolute atomic E-state index is 0.0606. The number of hydrogen-bond acceptors (Lipinski definition) is 1. The van der Waals surface area contributed by atoms with Crippen LogP contribution in [0.25, 0.3) is 11.1 Å². The van der Waals surface area contributed by atoms with Crippen LogP contribution in [0.5, 0.6) is 0 Å². The monoisotopic (exact) mass is 212 g/mol. The van der Waals surface area contributed by atoms with Crippen molar-refractivity contribution in [3.8, 4) is 11.1 Å². The fourth-order valence-electron chi connectivity index (χ4n) is 1.74. The van der Waals surface area contributed by atoms with E-state index in [1.54, 1.807) is 0 Å². The van der Waals surface area contributed by atoms with E-state index in [-0.39, 0.29) is 6.42 Å². The first-order valence-corrected chi connectivity index (χ1v) is 5.12. The summed E-state index contributed by atoms with van der Waals surface area (Å²) in [7, 11) is 0. The lowest BCUT2D eigenvalue weighted by Crippen LogP contribution is -2.01. The largest absolute Gasteiger partial charge is 0.481 e. The molecule has 80 valence electrons. The highest BCUT2D eigenvalue weighted by atomic mass is 16.4. The topological polar surface area (TPSA) is 37.3 Å². The quantitative estimate of drug-likeness (QED) is 0.849. The summed E-state index contributed by atoms with van der Waals surface area (Å²) in [5.41, 5.74) is 2.89. The van der Waals surface area contributed by atoms with Crippen LogP contribution in [0.15, 0.2) is 54.6 Å². The van der Waals surface area contributed by atoms with Gasteiger partial charge in [-0.3, -0.25) is 4.79 Å². The molecule has 2 nitrogen and oxygen atoms in total. The van der Waals surface area contributed by atoms with E-state index in [0.717, 1.165) is 16.7 Å².